The number of benzene rings is 2. The minimum atomic E-state index is -2.41. The Morgan fingerprint density at radius 1 is 1.10 bits per heavy atom. The molecule has 0 spiro atoms. The lowest BCUT2D eigenvalue weighted by Gasteiger charge is -2.51. The van der Waals surface area contributed by atoms with Gasteiger partial charge < -0.3 is 19.5 Å². The fraction of sp³-hybridized carbons (Fsp3) is 0.333. The smallest absolute Gasteiger partial charge is 0.257 e. The zero-order valence-electron chi connectivity index (χ0n) is 26.2. The van der Waals surface area contributed by atoms with Crippen molar-refractivity contribution in [2.24, 2.45) is 12.5 Å². The van der Waals surface area contributed by atoms with Crippen molar-refractivity contribution in [1.82, 2.24) is 19.4 Å². The number of imidazole rings is 1. The number of carbonyl (C=O) groups excluding carboxylic acids is 1. The normalized spacial score (nSPS) is 19.9. The molecule has 48 heavy (non-hydrogen) atoms. The van der Waals surface area contributed by atoms with E-state index in [2.05, 4.69) is 9.97 Å². The van der Waals surface area contributed by atoms with Gasteiger partial charge >= 0.3 is 0 Å². The number of ether oxygens (including phenoxy) is 1. The average molecular weight is 655 g/mol. The summed E-state index contributed by atoms with van der Waals surface area (Å²) in [5.74, 6) is -1.65. The number of nitrogens with zero attached hydrogens (tertiary/aromatic N) is 5. The Labute approximate surface area is 287 Å². The first-order valence-corrected chi connectivity index (χ1v) is 15.5. The first-order valence-electron chi connectivity index (χ1n) is 15.1. The molecule has 4 aromatic rings. The highest BCUT2D eigenvalue weighted by atomic mass is 35.5. The lowest BCUT2D eigenvalue weighted by Crippen LogP contribution is -2.62. The van der Waals surface area contributed by atoms with Gasteiger partial charge in [0.15, 0.2) is 5.72 Å². The van der Waals surface area contributed by atoms with Gasteiger partial charge in [0, 0.05) is 35.4 Å². The predicted octanol–water partition coefficient (Wildman–Crippen LogP) is 2.75. The number of amides is 1. The Bertz CT molecular complexity index is 1940. The summed E-state index contributed by atoms with van der Waals surface area (Å²) in [5, 5.41) is 27.6. The molecule has 1 unspecified atom stereocenters. The zero-order chi connectivity index (χ0) is 34.9. The number of rotatable bonds is 10. The van der Waals surface area contributed by atoms with Crippen LogP contribution in [0.25, 0.3) is 0 Å². The fourth-order valence-corrected chi connectivity index (χ4v) is 6.71. The second-order valence-electron chi connectivity index (χ2n) is 12.5. The van der Waals surface area contributed by atoms with E-state index < -0.39 is 39.3 Å². The highest BCUT2D eigenvalue weighted by molar-refractivity contribution is 6.45. The molecule has 0 bridgehead atoms. The number of nitriles is 1. The number of fused-ring (bicyclic) bond motifs is 1. The van der Waals surface area contributed by atoms with E-state index in [1.54, 1.807) is 30.8 Å². The third kappa shape index (κ3) is 5.19. The van der Waals surface area contributed by atoms with E-state index >= 15 is 4.39 Å². The molecule has 1 aliphatic heterocycles. The molecule has 1 saturated carbocycles. The van der Waals surface area contributed by atoms with E-state index in [0.717, 1.165) is 6.07 Å². The van der Waals surface area contributed by atoms with Crippen LogP contribution in [0.4, 0.5) is 4.39 Å². The minimum Gasteiger partial charge on any atom is -0.409 e. The summed E-state index contributed by atoms with van der Waals surface area (Å²) in [5.41, 5.74) is -4.90. The van der Waals surface area contributed by atoms with Crippen LogP contribution in [-0.2, 0) is 29.7 Å². The molecule has 15 heteroatoms. The Morgan fingerprint density at radius 2 is 1.79 bits per heavy atom. The van der Waals surface area contributed by atoms with Gasteiger partial charge in [-0.25, -0.2) is 9.37 Å². The van der Waals surface area contributed by atoms with Crippen molar-refractivity contribution >= 4 is 48.9 Å². The van der Waals surface area contributed by atoms with E-state index in [9.17, 15) is 20.3 Å². The number of hydrogen-bond acceptors (Lipinski definition) is 7. The molecule has 2 aromatic heterocycles. The molecule has 2 aromatic carbocycles. The number of aromatic nitrogens is 3. The molecule has 6 rings (SSSR count). The topological polar surface area (TPSA) is 124 Å². The Morgan fingerprint density at radius 3 is 2.31 bits per heavy atom. The summed E-state index contributed by atoms with van der Waals surface area (Å²) in [6.45, 7) is 1.42. The van der Waals surface area contributed by atoms with E-state index in [4.69, 9.17) is 47.7 Å². The zero-order valence-corrected chi connectivity index (χ0v) is 26.9. The molecule has 234 valence electrons. The fourth-order valence-electron chi connectivity index (χ4n) is 6.58. The summed E-state index contributed by atoms with van der Waals surface area (Å²) < 4.78 is 25.3. The van der Waals surface area contributed by atoms with Gasteiger partial charge in [-0.3, -0.25) is 14.7 Å². The molecule has 1 amide bonds. The van der Waals surface area contributed by atoms with Gasteiger partial charge in [-0.2, -0.15) is 5.26 Å². The van der Waals surface area contributed by atoms with Gasteiger partial charge in [0.1, 0.15) is 33.2 Å². The molecule has 9 nitrogen and oxygen atoms in total. The van der Waals surface area contributed by atoms with Crippen molar-refractivity contribution < 1.29 is 24.1 Å². The van der Waals surface area contributed by atoms with Crippen LogP contribution in [0.2, 0.25) is 5.02 Å². The molecule has 1 aliphatic carbocycles. The summed E-state index contributed by atoms with van der Waals surface area (Å²) >= 11 is 6.26. The van der Waals surface area contributed by atoms with Crippen molar-refractivity contribution in [1.29, 1.82) is 5.26 Å². The van der Waals surface area contributed by atoms with Crippen LogP contribution in [0.15, 0.2) is 67.3 Å². The molecular weight excluding hydrogens is 628 g/mol. The first-order chi connectivity index (χ1) is 22.5. The SMILES string of the molecule is [B]C([B])(O)C1(C([B])([B])O[C@]2(c3ccc(Cl)cc3)c3c(F)cc(C(O)(CC)c4cn(C)cn4)cc3C(=O)N2Cc2ccc(C#N)cn2)CC1. The largest absolute Gasteiger partial charge is 0.409 e. The maximum atomic E-state index is 17.1. The van der Waals surface area contributed by atoms with Crippen molar-refractivity contribution in [3.05, 3.63) is 117 Å². The standard InChI is InChI=1S/C33H27B4ClFN5O4/c1-3-30(46,26-17-43(2)18-42-26)21-12-24-27(25(39)13-21)31(20-5-7-22(38)8-6-20,48-33(36,37)29(10-11-29)32(34,35)47)44(28(24)45)16-23-9-4-19(14-40)15-41-23/h4-9,12-13,15,17-18,46-47H,3,10-11,16H2,1-2H3/t30?,31-/m1/s1. The maximum Gasteiger partial charge on any atom is 0.257 e. The Hall–Kier alpha value is -3.88. The molecule has 8 radical (unpaired) electrons. The number of carbonyl (C=O) groups is 1. The average Bonchev–Trinajstić information content (AvgIpc) is 3.73. The van der Waals surface area contributed by atoms with Gasteiger partial charge in [0.05, 0.1) is 56.6 Å². The third-order valence-electron chi connectivity index (χ3n) is 9.49. The molecule has 2 atom stereocenters. The van der Waals surface area contributed by atoms with Crippen molar-refractivity contribution in [2.75, 3.05) is 0 Å². The van der Waals surface area contributed by atoms with Crippen LogP contribution in [0.1, 0.15) is 70.2 Å². The van der Waals surface area contributed by atoms with Crippen LogP contribution in [0.3, 0.4) is 0 Å². The van der Waals surface area contributed by atoms with E-state index in [1.165, 1.54) is 53.8 Å². The van der Waals surface area contributed by atoms with Crippen molar-refractivity contribution in [2.45, 2.75) is 54.9 Å². The van der Waals surface area contributed by atoms with Crippen LogP contribution in [0, 0.1) is 22.6 Å². The lowest BCUT2D eigenvalue weighted by atomic mass is 9.43. The van der Waals surface area contributed by atoms with Crippen molar-refractivity contribution in [3.63, 3.8) is 0 Å². The molecular formula is C33H27B4ClFN5O4. The number of aliphatic hydroxyl groups is 2. The van der Waals surface area contributed by atoms with Crippen LogP contribution >= 0.6 is 11.6 Å². The molecule has 1 fully saturated rings. The number of hydrogen-bond donors (Lipinski definition) is 2. The third-order valence-corrected chi connectivity index (χ3v) is 9.75. The molecule has 2 aliphatic rings. The monoisotopic (exact) mass is 655 g/mol. The summed E-state index contributed by atoms with van der Waals surface area (Å²) in [6, 6.07) is 13.7. The summed E-state index contributed by atoms with van der Waals surface area (Å²) in [7, 11) is 27.0. The quantitative estimate of drug-likeness (QED) is 0.252. The number of halogens is 2. The van der Waals surface area contributed by atoms with Crippen molar-refractivity contribution in [3.8, 4) is 6.07 Å². The molecule has 2 N–H and O–H groups in total. The number of aryl methyl sites for hydroxylation is 1. The second-order valence-corrected chi connectivity index (χ2v) is 13.0. The van der Waals surface area contributed by atoms with Gasteiger partial charge in [0.25, 0.3) is 5.91 Å². The van der Waals surface area contributed by atoms with Crippen LogP contribution < -0.4 is 0 Å². The summed E-state index contributed by atoms with van der Waals surface area (Å²) in [6.07, 6.45) is 4.85. The molecule has 0 saturated heterocycles. The highest BCUT2D eigenvalue weighted by Crippen LogP contribution is 2.61. The van der Waals surface area contributed by atoms with Gasteiger partial charge in [-0.1, -0.05) is 30.7 Å². The van der Waals surface area contributed by atoms with Gasteiger partial charge in [-0.05, 0) is 72.0 Å². The highest BCUT2D eigenvalue weighted by Gasteiger charge is 2.65. The Balaban J connectivity index is 1.63. The lowest BCUT2D eigenvalue weighted by molar-refractivity contribution is -0.169. The Kier molecular flexibility index (Phi) is 8.23. The predicted molar refractivity (Wildman–Crippen MR) is 177 cm³/mol. The van der Waals surface area contributed by atoms with Gasteiger partial charge in [0.2, 0.25) is 0 Å². The first kappa shape index (κ1) is 34.0. The van der Waals surface area contributed by atoms with E-state index in [0.29, 0.717) is 10.7 Å². The van der Waals surface area contributed by atoms with E-state index in [-0.39, 0.29) is 59.3 Å². The molecule has 3 heterocycles. The van der Waals surface area contributed by atoms with Crippen LogP contribution in [-0.4, -0.2) is 77.7 Å². The van der Waals surface area contributed by atoms with E-state index in [1.807, 2.05) is 6.07 Å². The minimum absolute atomic E-state index is 0.0698. The summed E-state index contributed by atoms with van der Waals surface area (Å²) in [4.78, 5) is 24.5. The number of pyridine rings is 1. The second kappa shape index (κ2) is 11.6. The van der Waals surface area contributed by atoms with Crippen LogP contribution in [0.5, 0.6) is 0 Å². The maximum absolute atomic E-state index is 17.1. The van der Waals surface area contributed by atoms with Gasteiger partial charge in [-0.15, -0.1) is 0 Å².